The predicted molar refractivity (Wildman–Crippen MR) is 93.2 cm³/mol. The number of carbonyl (C=O) groups is 3. The highest BCUT2D eigenvalue weighted by atomic mass is 16.5. The lowest BCUT2D eigenvalue weighted by Gasteiger charge is -2.16. The van der Waals surface area contributed by atoms with Crippen molar-refractivity contribution in [3.05, 3.63) is 34.9 Å². The van der Waals surface area contributed by atoms with Crippen LogP contribution in [-0.2, 0) is 4.74 Å². The Morgan fingerprint density at radius 2 is 1.68 bits per heavy atom. The molecule has 138 valence electrons. The maximum Gasteiger partial charge on any atom is 0.339 e. The van der Waals surface area contributed by atoms with Crippen molar-refractivity contribution in [2.24, 2.45) is 5.92 Å². The summed E-state index contributed by atoms with van der Waals surface area (Å²) >= 11 is 0. The Kier molecular flexibility index (Phi) is 8.67. The van der Waals surface area contributed by atoms with Gasteiger partial charge in [0, 0.05) is 0 Å². The second-order valence-corrected chi connectivity index (χ2v) is 6.12. The lowest BCUT2D eigenvalue weighted by atomic mass is 9.97. The van der Waals surface area contributed by atoms with Crippen LogP contribution in [0.1, 0.15) is 83.4 Å². The molecule has 0 fully saturated rings. The lowest BCUT2D eigenvalue weighted by Crippen LogP contribution is -2.17. The molecule has 0 spiro atoms. The Morgan fingerprint density at radius 3 is 2.24 bits per heavy atom. The molecule has 6 nitrogen and oxygen atoms in total. The van der Waals surface area contributed by atoms with Gasteiger partial charge in [0.1, 0.15) is 0 Å². The van der Waals surface area contributed by atoms with Crippen molar-refractivity contribution in [1.29, 1.82) is 0 Å². The van der Waals surface area contributed by atoms with Gasteiger partial charge in [-0.15, -0.1) is 0 Å². The van der Waals surface area contributed by atoms with Crippen molar-refractivity contribution in [3.63, 3.8) is 0 Å². The third-order valence-electron chi connectivity index (χ3n) is 4.08. The fraction of sp³-hybridized carbons (Fsp3) is 0.526. The highest BCUT2D eigenvalue weighted by molar-refractivity contribution is 6.04. The van der Waals surface area contributed by atoms with Crippen molar-refractivity contribution in [1.82, 2.24) is 0 Å². The van der Waals surface area contributed by atoms with Crippen LogP contribution in [0.4, 0.5) is 0 Å². The normalized spacial score (nSPS) is 11.8. The van der Waals surface area contributed by atoms with E-state index in [1.807, 2.05) is 0 Å². The summed E-state index contributed by atoms with van der Waals surface area (Å²) in [5.74, 6) is -3.08. The Morgan fingerprint density at radius 1 is 0.960 bits per heavy atom. The minimum atomic E-state index is -1.36. The number of aromatic carboxylic acids is 2. The van der Waals surface area contributed by atoms with Crippen molar-refractivity contribution < 1.29 is 29.3 Å². The van der Waals surface area contributed by atoms with E-state index in [-0.39, 0.29) is 29.2 Å². The quantitative estimate of drug-likeness (QED) is 0.457. The summed E-state index contributed by atoms with van der Waals surface area (Å²) in [5, 5.41) is 18.2. The first-order valence-electron chi connectivity index (χ1n) is 8.68. The van der Waals surface area contributed by atoms with Crippen LogP contribution in [0.25, 0.3) is 0 Å². The summed E-state index contributed by atoms with van der Waals surface area (Å²) < 4.78 is 5.31. The Balaban J connectivity index is 2.81. The van der Waals surface area contributed by atoms with Crippen molar-refractivity contribution >= 4 is 17.9 Å². The predicted octanol–water partition coefficient (Wildman–Crippen LogP) is 4.24. The van der Waals surface area contributed by atoms with E-state index in [9.17, 15) is 19.5 Å². The van der Waals surface area contributed by atoms with E-state index in [0.29, 0.717) is 0 Å². The third-order valence-corrected chi connectivity index (χ3v) is 4.08. The van der Waals surface area contributed by atoms with E-state index >= 15 is 0 Å². The van der Waals surface area contributed by atoms with Gasteiger partial charge in [-0.05, 0) is 37.0 Å². The van der Waals surface area contributed by atoms with Crippen LogP contribution in [0.15, 0.2) is 18.2 Å². The summed E-state index contributed by atoms with van der Waals surface area (Å²) in [6.07, 6.45) is 6.23. The molecule has 1 atom stereocenters. The van der Waals surface area contributed by atoms with Gasteiger partial charge >= 0.3 is 17.9 Å². The van der Waals surface area contributed by atoms with Crippen LogP contribution in [0, 0.1) is 5.92 Å². The number of carboxylic acids is 2. The van der Waals surface area contributed by atoms with Gasteiger partial charge in [0.15, 0.2) is 0 Å². The van der Waals surface area contributed by atoms with E-state index in [1.54, 1.807) is 0 Å². The maximum atomic E-state index is 12.3. The van der Waals surface area contributed by atoms with Gasteiger partial charge in [0.25, 0.3) is 0 Å². The molecule has 6 heteroatoms. The molecule has 2 N–H and O–H groups in total. The Labute approximate surface area is 147 Å². The molecule has 0 heterocycles. The fourth-order valence-electron chi connectivity index (χ4n) is 2.71. The lowest BCUT2D eigenvalue weighted by molar-refractivity contribution is 0.0415. The molecule has 1 aromatic rings. The van der Waals surface area contributed by atoms with Crippen molar-refractivity contribution in [2.45, 2.75) is 52.4 Å². The van der Waals surface area contributed by atoms with E-state index < -0.39 is 17.9 Å². The van der Waals surface area contributed by atoms with Gasteiger partial charge in [-0.25, -0.2) is 14.4 Å². The summed E-state index contributed by atoms with van der Waals surface area (Å²) in [5.41, 5.74) is -0.665. The van der Waals surface area contributed by atoms with Gasteiger partial charge in [-0.1, -0.05) is 39.5 Å². The zero-order valence-corrected chi connectivity index (χ0v) is 14.8. The molecule has 0 bridgehead atoms. The summed E-state index contributed by atoms with van der Waals surface area (Å²) in [6.45, 7) is 4.45. The van der Waals surface area contributed by atoms with Gasteiger partial charge in [-0.2, -0.15) is 0 Å². The number of benzene rings is 1. The molecule has 1 rings (SSSR count). The maximum absolute atomic E-state index is 12.3. The van der Waals surface area contributed by atoms with Crippen LogP contribution in [0.5, 0.6) is 0 Å². The fourth-order valence-corrected chi connectivity index (χ4v) is 2.71. The number of rotatable bonds is 11. The van der Waals surface area contributed by atoms with Crippen LogP contribution in [0.2, 0.25) is 0 Å². The SMILES string of the molecule is CCCCCC(CCC)COC(=O)c1ccc(C(=O)O)cc1C(=O)O. The van der Waals surface area contributed by atoms with Gasteiger partial charge in [-0.3, -0.25) is 0 Å². The largest absolute Gasteiger partial charge is 0.478 e. The second-order valence-electron chi connectivity index (χ2n) is 6.12. The number of carboxylic acid groups (broad SMARTS) is 2. The van der Waals surface area contributed by atoms with Gasteiger partial charge in [0.05, 0.1) is 23.3 Å². The molecule has 0 amide bonds. The number of carbonyl (C=O) groups excluding carboxylic acids is 1. The average molecular weight is 350 g/mol. The monoisotopic (exact) mass is 350 g/mol. The molecule has 1 aromatic carbocycles. The van der Waals surface area contributed by atoms with Crippen molar-refractivity contribution in [3.8, 4) is 0 Å². The molecular weight excluding hydrogens is 324 g/mol. The first-order chi connectivity index (χ1) is 11.9. The van der Waals surface area contributed by atoms with Crippen molar-refractivity contribution in [2.75, 3.05) is 6.61 Å². The molecule has 25 heavy (non-hydrogen) atoms. The molecule has 0 radical (unpaired) electrons. The van der Waals surface area contributed by atoms with Crippen LogP contribution >= 0.6 is 0 Å². The number of unbranched alkanes of at least 4 members (excludes halogenated alkanes) is 2. The molecule has 0 saturated heterocycles. The minimum absolute atomic E-state index is 0.124. The number of esters is 1. The van der Waals surface area contributed by atoms with E-state index in [2.05, 4.69) is 13.8 Å². The molecule has 0 aliphatic carbocycles. The number of hydrogen-bond donors (Lipinski definition) is 2. The molecule has 0 saturated carbocycles. The molecule has 1 unspecified atom stereocenters. The first kappa shape index (κ1) is 20.7. The standard InChI is InChI=1S/C19H26O6/c1-3-5-6-8-13(7-4-2)12-25-19(24)15-10-9-14(17(20)21)11-16(15)18(22)23/h9-11,13H,3-8,12H2,1-2H3,(H,20,21)(H,22,23). The number of ether oxygens (including phenoxy) is 1. The Hall–Kier alpha value is -2.37. The van der Waals surface area contributed by atoms with E-state index in [0.717, 1.165) is 44.6 Å². The smallest absolute Gasteiger partial charge is 0.339 e. The van der Waals surface area contributed by atoms with Crippen LogP contribution in [0.3, 0.4) is 0 Å². The topological polar surface area (TPSA) is 101 Å². The average Bonchev–Trinajstić information content (AvgIpc) is 2.58. The van der Waals surface area contributed by atoms with Gasteiger partial charge < -0.3 is 14.9 Å². The zero-order valence-electron chi connectivity index (χ0n) is 14.8. The highest BCUT2D eigenvalue weighted by Crippen LogP contribution is 2.19. The second kappa shape index (κ2) is 10.5. The van der Waals surface area contributed by atoms with E-state index in [4.69, 9.17) is 9.84 Å². The molecular formula is C19H26O6. The van der Waals surface area contributed by atoms with Crippen LogP contribution < -0.4 is 0 Å². The summed E-state index contributed by atoms with van der Waals surface area (Å²) in [7, 11) is 0. The summed E-state index contributed by atoms with van der Waals surface area (Å²) in [4.78, 5) is 34.5. The Bertz CT molecular complexity index is 608. The zero-order chi connectivity index (χ0) is 18.8. The molecule has 0 aliphatic rings. The van der Waals surface area contributed by atoms with Gasteiger partial charge in [0.2, 0.25) is 0 Å². The summed E-state index contributed by atoms with van der Waals surface area (Å²) in [6, 6.07) is 3.38. The molecule has 0 aliphatic heterocycles. The molecule has 0 aromatic heterocycles. The van der Waals surface area contributed by atoms with E-state index in [1.165, 1.54) is 12.1 Å². The van der Waals surface area contributed by atoms with Crippen LogP contribution in [-0.4, -0.2) is 34.7 Å². The number of hydrogen-bond acceptors (Lipinski definition) is 4. The highest BCUT2D eigenvalue weighted by Gasteiger charge is 2.21. The first-order valence-corrected chi connectivity index (χ1v) is 8.68. The minimum Gasteiger partial charge on any atom is -0.478 e. The third kappa shape index (κ3) is 6.57.